The van der Waals surface area contributed by atoms with E-state index in [1.165, 1.54) is 33.5 Å². The van der Waals surface area contributed by atoms with Gasteiger partial charge in [-0.1, -0.05) is 12.1 Å². The molecule has 8 heteroatoms. The average Bonchev–Trinajstić information content (AvgIpc) is 2.79. The molecular weight excluding hydrogens is 390 g/mol. The molecule has 1 N–H and O–H groups in total. The number of ether oxygens (including phenoxy) is 5. The molecule has 0 unspecified atom stereocenters. The number of rotatable bonds is 10. The van der Waals surface area contributed by atoms with Crippen molar-refractivity contribution in [3.8, 4) is 23.0 Å². The number of esters is 1. The normalized spacial score (nSPS) is 10.4. The topological polar surface area (TPSA) is 92.3 Å². The second-order valence-electron chi connectivity index (χ2n) is 6.02. The highest BCUT2D eigenvalue weighted by Crippen LogP contribution is 2.38. The molecule has 1 amide bonds. The number of amides is 1. The molecule has 0 aliphatic heterocycles. The third kappa shape index (κ3) is 6.44. The van der Waals surface area contributed by atoms with Gasteiger partial charge in [0, 0.05) is 12.6 Å². The fourth-order valence-corrected chi connectivity index (χ4v) is 2.54. The smallest absolute Gasteiger partial charge is 0.331 e. The lowest BCUT2D eigenvalue weighted by Crippen LogP contribution is -2.28. The van der Waals surface area contributed by atoms with Crippen molar-refractivity contribution in [2.75, 3.05) is 35.0 Å². The van der Waals surface area contributed by atoms with Gasteiger partial charge in [0.05, 0.1) is 28.4 Å². The van der Waals surface area contributed by atoms with Crippen LogP contribution in [0.2, 0.25) is 0 Å². The maximum Gasteiger partial charge on any atom is 0.331 e. The van der Waals surface area contributed by atoms with Crippen molar-refractivity contribution in [3.05, 3.63) is 53.6 Å². The molecule has 0 bridgehead atoms. The minimum Gasteiger partial charge on any atom is -0.497 e. The Kier molecular flexibility index (Phi) is 8.56. The van der Waals surface area contributed by atoms with Gasteiger partial charge in [0.25, 0.3) is 5.91 Å². The van der Waals surface area contributed by atoms with Crippen LogP contribution in [0.15, 0.2) is 42.5 Å². The van der Waals surface area contributed by atoms with Crippen LogP contribution in [0.4, 0.5) is 0 Å². The first kappa shape index (κ1) is 22.6. The van der Waals surface area contributed by atoms with E-state index in [0.29, 0.717) is 29.4 Å². The Morgan fingerprint density at radius 1 is 0.900 bits per heavy atom. The maximum absolute atomic E-state index is 11.9. The van der Waals surface area contributed by atoms with Crippen molar-refractivity contribution in [3.63, 3.8) is 0 Å². The summed E-state index contributed by atoms with van der Waals surface area (Å²) in [5.41, 5.74) is 1.54. The predicted molar refractivity (Wildman–Crippen MR) is 111 cm³/mol. The van der Waals surface area contributed by atoms with Gasteiger partial charge in [-0.15, -0.1) is 0 Å². The SMILES string of the molecule is COc1ccc(CNC(=O)COC(=O)/C=C/c2cc(OC)c(OC)c(OC)c2)cc1. The highest BCUT2D eigenvalue weighted by Gasteiger charge is 2.12. The number of nitrogens with one attached hydrogen (secondary N) is 1. The van der Waals surface area contributed by atoms with Gasteiger partial charge in [-0.2, -0.15) is 0 Å². The summed E-state index contributed by atoms with van der Waals surface area (Å²) in [6.45, 7) is -0.0593. The van der Waals surface area contributed by atoms with Crippen LogP contribution < -0.4 is 24.3 Å². The molecule has 2 aromatic rings. The highest BCUT2D eigenvalue weighted by molar-refractivity contribution is 5.89. The molecule has 0 aliphatic carbocycles. The van der Waals surface area contributed by atoms with Crippen LogP contribution in [0.3, 0.4) is 0 Å². The van der Waals surface area contributed by atoms with Crippen LogP contribution in [0, 0.1) is 0 Å². The average molecular weight is 415 g/mol. The first-order valence-electron chi connectivity index (χ1n) is 9.05. The van der Waals surface area contributed by atoms with E-state index < -0.39 is 11.9 Å². The summed E-state index contributed by atoms with van der Waals surface area (Å²) in [6.07, 6.45) is 2.75. The van der Waals surface area contributed by atoms with E-state index in [1.807, 2.05) is 12.1 Å². The van der Waals surface area contributed by atoms with Crippen LogP contribution in [0.1, 0.15) is 11.1 Å². The molecule has 0 heterocycles. The van der Waals surface area contributed by atoms with Crippen molar-refractivity contribution < 1.29 is 33.3 Å². The first-order chi connectivity index (χ1) is 14.5. The minimum absolute atomic E-state index is 0.321. The monoisotopic (exact) mass is 415 g/mol. The lowest BCUT2D eigenvalue weighted by atomic mass is 10.1. The molecule has 0 atom stereocenters. The zero-order valence-electron chi connectivity index (χ0n) is 17.4. The lowest BCUT2D eigenvalue weighted by Gasteiger charge is -2.12. The zero-order valence-corrected chi connectivity index (χ0v) is 17.4. The molecule has 0 fully saturated rings. The Labute approximate surface area is 175 Å². The summed E-state index contributed by atoms with van der Waals surface area (Å²) in [7, 11) is 6.10. The molecule has 2 rings (SSSR count). The van der Waals surface area contributed by atoms with E-state index in [0.717, 1.165) is 11.3 Å². The fourth-order valence-electron chi connectivity index (χ4n) is 2.54. The molecule has 30 heavy (non-hydrogen) atoms. The summed E-state index contributed by atoms with van der Waals surface area (Å²) in [4.78, 5) is 23.8. The first-order valence-corrected chi connectivity index (χ1v) is 9.05. The van der Waals surface area contributed by atoms with Crippen molar-refractivity contribution in [1.82, 2.24) is 5.32 Å². The lowest BCUT2D eigenvalue weighted by molar-refractivity contribution is -0.143. The molecular formula is C22H25NO7. The number of carbonyl (C=O) groups excluding carboxylic acids is 2. The molecule has 0 radical (unpaired) electrons. The summed E-state index contributed by atoms with van der Waals surface area (Å²) in [5, 5.41) is 2.68. The van der Waals surface area contributed by atoms with Gasteiger partial charge in [-0.05, 0) is 41.5 Å². The van der Waals surface area contributed by atoms with E-state index in [4.69, 9.17) is 23.7 Å². The molecule has 160 valence electrons. The Balaban J connectivity index is 1.86. The van der Waals surface area contributed by atoms with Gasteiger partial charge in [0.15, 0.2) is 18.1 Å². The standard InChI is InChI=1S/C22H25NO7/c1-26-17-8-5-15(6-9-17)13-23-20(24)14-30-21(25)10-7-16-11-18(27-2)22(29-4)19(12-16)28-3/h5-12H,13-14H2,1-4H3,(H,23,24)/b10-7+. The molecule has 8 nitrogen and oxygen atoms in total. The molecule has 0 spiro atoms. The van der Waals surface area contributed by atoms with E-state index in [1.54, 1.807) is 31.4 Å². The molecule has 0 saturated carbocycles. The van der Waals surface area contributed by atoms with Gasteiger partial charge >= 0.3 is 5.97 Å². The van der Waals surface area contributed by atoms with E-state index in [-0.39, 0.29) is 6.61 Å². The minimum atomic E-state index is -0.650. The molecule has 0 saturated heterocycles. The van der Waals surface area contributed by atoms with Crippen molar-refractivity contribution in [1.29, 1.82) is 0 Å². The number of carbonyl (C=O) groups is 2. The quantitative estimate of drug-likeness (QED) is 0.471. The van der Waals surface area contributed by atoms with E-state index >= 15 is 0 Å². The third-order valence-electron chi connectivity index (χ3n) is 4.09. The second kappa shape index (κ2) is 11.4. The van der Waals surface area contributed by atoms with Gasteiger partial charge in [0.2, 0.25) is 5.75 Å². The second-order valence-corrected chi connectivity index (χ2v) is 6.02. The van der Waals surface area contributed by atoms with Crippen LogP contribution in [0.25, 0.3) is 6.08 Å². The largest absolute Gasteiger partial charge is 0.497 e. The van der Waals surface area contributed by atoms with E-state index in [9.17, 15) is 9.59 Å². The highest BCUT2D eigenvalue weighted by atomic mass is 16.5. The van der Waals surface area contributed by atoms with Gasteiger partial charge in [-0.25, -0.2) is 4.79 Å². The van der Waals surface area contributed by atoms with Crippen molar-refractivity contribution >= 4 is 18.0 Å². The Bertz CT molecular complexity index is 866. The summed E-state index contributed by atoms with van der Waals surface area (Å²) < 4.78 is 25.8. The number of hydrogen-bond donors (Lipinski definition) is 1. The zero-order chi connectivity index (χ0) is 21.9. The summed E-state index contributed by atoms with van der Waals surface area (Å²) in [6, 6.07) is 10.7. The van der Waals surface area contributed by atoms with Crippen LogP contribution in [0.5, 0.6) is 23.0 Å². The number of hydrogen-bond acceptors (Lipinski definition) is 7. The Hall–Kier alpha value is -3.68. The van der Waals surface area contributed by atoms with Gasteiger partial charge in [0.1, 0.15) is 5.75 Å². The summed E-state index contributed by atoms with van der Waals surface area (Å²) in [5.74, 6) is 1.06. The number of methoxy groups -OCH3 is 4. The number of benzene rings is 2. The van der Waals surface area contributed by atoms with Crippen molar-refractivity contribution in [2.45, 2.75) is 6.54 Å². The van der Waals surface area contributed by atoms with Gasteiger partial charge in [-0.3, -0.25) is 4.79 Å². The predicted octanol–water partition coefficient (Wildman–Crippen LogP) is 2.59. The fraction of sp³-hybridized carbons (Fsp3) is 0.273. The van der Waals surface area contributed by atoms with Crippen LogP contribution in [-0.4, -0.2) is 46.9 Å². The summed E-state index contributed by atoms with van der Waals surface area (Å²) >= 11 is 0. The maximum atomic E-state index is 11.9. The molecule has 2 aromatic carbocycles. The third-order valence-corrected chi connectivity index (χ3v) is 4.09. The van der Waals surface area contributed by atoms with Crippen LogP contribution >= 0.6 is 0 Å². The molecule has 0 aliphatic rings. The van der Waals surface area contributed by atoms with Crippen LogP contribution in [-0.2, 0) is 20.9 Å². The van der Waals surface area contributed by atoms with Crippen molar-refractivity contribution in [2.24, 2.45) is 0 Å². The van der Waals surface area contributed by atoms with E-state index in [2.05, 4.69) is 5.32 Å². The molecule has 0 aromatic heterocycles. The Morgan fingerprint density at radius 2 is 1.53 bits per heavy atom. The Morgan fingerprint density at radius 3 is 2.07 bits per heavy atom. The van der Waals surface area contributed by atoms with Gasteiger partial charge < -0.3 is 29.0 Å².